The summed E-state index contributed by atoms with van der Waals surface area (Å²) in [6.07, 6.45) is 4.69. The summed E-state index contributed by atoms with van der Waals surface area (Å²) >= 11 is 3.42. The number of fused-ring (bicyclic) bond motifs is 1. The average Bonchev–Trinajstić information content (AvgIpc) is 3.00. The first-order chi connectivity index (χ1) is 12.1. The molecule has 25 heavy (non-hydrogen) atoms. The van der Waals surface area contributed by atoms with Crippen molar-refractivity contribution >= 4 is 38.7 Å². The van der Waals surface area contributed by atoms with Gasteiger partial charge in [0.15, 0.2) is 11.2 Å². The molecule has 3 rings (SSSR count). The van der Waals surface area contributed by atoms with Crippen molar-refractivity contribution in [2.45, 2.75) is 39.7 Å². The van der Waals surface area contributed by atoms with Crippen molar-refractivity contribution in [2.75, 3.05) is 10.6 Å². The molecule has 0 unspecified atom stereocenters. The zero-order chi connectivity index (χ0) is 17.8. The highest BCUT2D eigenvalue weighted by molar-refractivity contribution is 9.09. The van der Waals surface area contributed by atoms with Gasteiger partial charge in [0.05, 0.1) is 6.33 Å². The van der Waals surface area contributed by atoms with Gasteiger partial charge in [-0.15, -0.1) is 0 Å². The Morgan fingerprint density at radius 3 is 2.92 bits per heavy atom. The van der Waals surface area contributed by atoms with E-state index >= 15 is 0 Å². The Kier molecular flexibility index (Phi) is 5.53. The van der Waals surface area contributed by atoms with E-state index in [1.165, 1.54) is 11.1 Å². The molecule has 2 N–H and O–H groups in total. The van der Waals surface area contributed by atoms with Crippen LogP contribution in [0.1, 0.15) is 30.9 Å². The van der Waals surface area contributed by atoms with E-state index in [9.17, 15) is 4.79 Å². The molecule has 0 atom stereocenters. The van der Waals surface area contributed by atoms with E-state index in [4.69, 9.17) is 0 Å². The summed E-state index contributed by atoms with van der Waals surface area (Å²) in [5.74, 6) is 0.411. The lowest BCUT2D eigenvalue weighted by atomic mass is 10.1. The SMILES string of the molecule is CCc1cc(Nc2nc3ncn(CCCCBr)c3c(=O)[nH]2)ccc1C. The van der Waals surface area contributed by atoms with Crippen LogP contribution in [-0.2, 0) is 13.0 Å². The highest BCUT2D eigenvalue weighted by atomic mass is 79.9. The van der Waals surface area contributed by atoms with E-state index in [1.807, 2.05) is 10.6 Å². The first-order valence-corrected chi connectivity index (χ1v) is 9.62. The second-order valence-corrected chi connectivity index (χ2v) is 6.83. The van der Waals surface area contributed by atoms with Crippen LogP contribution < -0.4 is 10.9 Å². The van der Waals surface area contributed by atoms with E-state index in [0.717, 1.165) is 36.8 Å². The maximum absolute atomic E-state index is 12.5. The number of nitrogens with one attached hydrogen (secondary N) is 2. The maximum Gasteiger partial charge on any atom is 0.278 e. The lowest BCUT2D eigenvalue weighted by molar-refractivity contribution is 0.648. The molecule has 0 radical (unpaired) electrons. The summed E-state index contributed by atoms with van der Waals surface area (Å²) in [4.78, 5) is 24.0. The molecular formula is C18H22BrN5O. The van der Waals surface area contributed by atoms with E-state index in [-0.39, 0.29) is 5.56 Å². The predicted octanol–water partition coefficient (Wildman–Crippen LogP) is 3.91. The number of aryl methyl sites for hydroxylation is 3. The molecule has 0 saturated heterocycles. The van der Waals surface area contributed by atoms with Crippen LogP contribution in [0.25, 0.3) is 11.2 Å². The van der Waals surface area contributed by atoms with Crippen molar-refractivity contribution in [2.24, 2.45) is 0 Å². The van der Waals surface area contributed by atoms with E-state index in [2.05, 4.69) is 62.2 Å². The number of hydrogen-bond acceptors (Lipinski definition) is 4. The Labute approximate surface area is 154 Å². The Morgan fingerprint density at radius 2 is 2.16 bits per heavy atom. The number of alkyl halides is 1. The van der Waals surface area contributed by atoms with Crippen LogP contribution >= 0.6 is 15.9 Å². The molecule has 3 aromatic rings. The van der Waals surface area contributed by atoms with Crippen molar-refractivity contribution < 1.29 is 0 Å². The van der Waals surface area contributed by atoms with Gasteiger partial charge in [0, 0.05) is 17.6 Å². The van der Waals surface area contributed by atoms with E-state index in [1.54, 1.807) is 6.33 Å². The van der Waals surface area contributed by atoms with Gasteiger partial charge in [0.25, 0.3) is 5.56 Å². The van der Waals surface area contributed by atoms with Crippen LogP contribution in [0, 0.1) is 6.92 Å². The molecule has 2 aromatic heterocycles. The van der Waals surface area contributed by atoms with Crippen LogP contribution in [0.15, 0.2) is 29.3 Å². The number of aromatic nitrogens is 4. The van der Waals surface area contributed by atoms with Crippen molar-refractivity contribution in [1.82, 2.24) is 19.5 Å². The van der Waals surface area contributed by atoms with E-state index in [0.29, 0.717) is 17.1 Å². The topological polar surface area (TPSA) is 75.6 Å². The number of aromatic amines is 1. The Hall–Kier alpha value is -2.15. The molecule has 7 heteroatoms. The molecule has 0 aliphatic carbocycles. The van der Waals surface area contributed by atoms with Crippen molar-refractivity contribution in [3.05, 3.63) is 46.0 Å². The number of anilines is 2. The first kappa shape index (κ1) is 17.7. The smallest absolute Gasteiger partial charge is 0.278 e. The Balaban J connectivity index is 1.87. The van der Waals surface area contributed by atoms with Crippen LogP contribution in [0.2, 0.25) is 0 Å². The highest BCUT2D eigenvalue weighted by Gasteiger charge is 2.11. The molecule has 2 heterocycles. The molecule has 0 amide bonds. The lowest BCUT2D eigenvalue weighted by Crippen LogP contribution is -2.14. The monoisotopic (exact) mass is 403 g/mol. The van der Waals surface area contributed by atoms with Gasteiger partial charge < -0.3 is 9.88 Å². The largest absolute Gasteiger partial charge is 0.326 e. The highest BCUT2D eigenvalue weighted by Crippen LogP contribution is 2.19. The molecule has 0 saturated carbocycles. The van der Waals surface area contributed by atoms with Crippen LogP contribution in [0.4, 0.5) is 11.6 Å². The number of unbranched alkanes of at least 4 members (excludes halogenated alkanes) is 1. The lowest BCUT2D eigenvalue weighted by Gasteiger charge is -2.09. The van der Waals surface area contributed by atoms with Gasteiger partial charge in [-0.2, -0.15) is 4.98 Å². The number of rotatable bonds is 7. The van der Waals surface area contributed by atoms with Gasteiger partial charge in [-0.3, -0.25) is 9.78 Å². The normalized spacial score (nSPS) is 11.2. The minimum absolute atomic E-state index is 0.174. The van der Waals surface area contributed by atoms with Crippen LogP contribution in [0.3, 0.4) is 0 Å². The second-order valence-electron chi connectivity index (χ2n) is 6.04. The van der Waals surface area contributed by atoms with Gasteiger partial charge in [0.2, 0.25) is 5.95 Å². The van der Waals surface area contributed by atoms with Gasteiger partial charge in [-0.25, -0.2) is 4.98 Å². The summed E-state index contributed by atoms with van der Waals surface area (Å²) in [6.45, 7) is 4.98. The summed E-state index contributed by atoms with van der Waals surface area (Å²) in [5.41, 5.74) is 4.25. The summed E-state index contributed by atoms with van der Waals surface area (Å²) < 4.78 is 1.87. The summed E-state index contributed by atoms with van der Waals surface area (Å²) in [7, 11) is 0. The van der Waals surface area contributed by atoms with Gasteiger partial charge in [-0.1, -0.05) is 28.9 Å². The molecule has 0 spiro atoms. The molecular weight excluding hydrogens is 382 g/mol. The fourth-order valence-corrected chi connectivity index (χ4v) is 3.25. The fourth-order valence-electron chi connectivity index (χ4n) is 2.86. The molecule has 0 aliphatic heterocycles. The molecule has 0 aliphatic rings. The van der Waals surface area contributed by atoms with Crippen LogP contribution in [-0.4, -0.2) is 24.8 Å². The zero-order valence-corrected chi connectivity index (χ0v) is 16.1. The Morgan fingerprint density at radius 1 is 1.32 bits per heavy atom. The molecule has 132 valence electrons. The minimum atomic E-state index is -0.174. The molecule has 0 fully saturated rings. The number of H-pyrrole nitrogens is 1. The average molecular weight is 404 g/mol. The second kappa shape index (κ2) is 7.82. The minimum Gasteiger partial charge on any atom is -0.326 e. The number of hydrogen-bond donors (Lipinski definition) is 2. The van der Waals surface area contributed by atoms with Crippen molar-refractivity contribution in [3.8, 4) is 0 Å². The zero-order valence-electron chi connectivity index (χ0n) is 14.5. The molecule has 0 bridgehead atoms. The Bertz CT molecular complexity index is 931. The first-order valence-electron chi connectivity index (χ1n) is 8.50. The standard InChI is InChI=1S/C18H22BrN5O/c1-3-13-10-14(7-6-12(13)2)21-18-22-16-15(17(25)23-18)24(11-20-16)9-5-4-8-19/h6-7,10-11H,3-5,8-9H2,1-2H3,(H2,21,22,23,25). The third-order valence-corrected chi connectivity index (χ3v) is 4.82. The molecule has 1 aromatic carbocycles. The van der Waals surface area contributed by atoms with Crippen molar-refractivity contribution in [1.29, 1.82) is 0 Å². The number of halogens is 1. The van der Waals surface area contributed by atoms with Gasteiger partial charge in [-0.05, 0) is 49.4 Å². The van der Waals surface area contributed by atoms with Gasteiger partial charge in [0.1, 0.15) is 0 Å². The van der Waals surface area contributed by atoms with Gasteiger partial charge >= 0.3 is 0 Å². The number of imidazole rings is 1. The summed E-state index contributed by atoms with van der Waals surface area (Å²) in [6, 6.07) is 6.13. The maximum atomic E-state index is 12.5. The number of benzene rings is 1. The van der Waals surface area contributed by atoms with Crippen molar-refractivity contribution in [3.63, 3.8) is 0 Å². The quantitative estimate of drug-likeness (QED) is 0.463. The third-order valence-electron chi connectivity index (χ3n) is 4.26. The molecule has 6 nitrogen and oxygen atoms in total. The third kappa shape index (κ3) is 3.92. The fraction of sp³-hybridized carbons (Fsp3) is 0.389. The van der Waals surface area contributed by atoms with Crippen LogP contribution in [0.5, 0.6) is 0 Å². The summed E-state index contributed by atoms with van der Waals surface area (Å²) in [5, 5.41) is 4.14. The predicted molar refractivity (Wildman–Crippen MR) is 105 cm³/mol. The number of nitrogens with zero attached hydrogens (tertiary/aromatic N) is 3. The van der Waals surface area contributed by atoms with E-state index < -0.39 is 0 Å².